The number of ether oxygens (including phenoxy) is 1. The van der Waals surface area contributed by atoms with Gasteiger partial charge >= 0.3 is 0 Å². The van der Waals surface area contributed by atoms with E-state index in [1.807, 2.05) is 26.1 Å². The molecule has 1 saturated carbocycles. The Morgan fingerprint density at radius 3 is 2.84 bits per heavy atom. The zero-order valence-corrected chi connectivity index (χ0v) is 18.1. The molecule has 1 atom stereocenters. The van der Waals surface area contributed by atoms with Crippen LogP contribution in [0.15, 0.2) is 30.3 Å². The molecule has 0 spiro atoms. The molecule has 8 nitrogen and oxygen atoms in total. The maximum Gasteiger partial charge on any atom is 0.260 e. The standard InChI is InChI=1S/C23H28N6O2/c1-14(15-7-8-15)29(13-24)22(25)20-5-4-6-21(27-20)28-12-19-16(11-26-2)9-17(31-3)10-18(19)23(28)30/h4-6,9-10,13-15,24-26H,7-8,11-12H2,1-3H3/t14-/m1/s1. The molecule has 1 amide bonds. The smallest absolute Gasteiger partial charge is 0.260 e. The van der Waals surface area contributed by atoms with Crippen molar-refractivity contribution in [1.82, 2.24) is 15.2 Å². The monoisotopic (exact) mass is 420 g/mol. The average molecular weight is 421 g/mol. The largest absolute Gasteiger partial charge is 0.497 e. The Morgan fingerprint density at radius 1 is 1.42 bits per heavy atom. The summed E-state index contributed by atoms with van der Waals surface area (Å²) in [6.45, 7) is 3.09. The van der Waals surface area contributed by atoms with Crippen molar-refractivity contribution >= 4 is 23.9 Å². The maximum absolute atomic E-state index is 13.2. The van der Waals surface area contributed by atoms with Gasteiger partial charge in [-0.25, -0.2) is 4.98 Å². The van der Waals surface area contributed by atoms with Crippen molar-refractivity contribution < 1.29 is 9.53 Å². The van der Waals surface area contributed by atoms with E-state index >= 15 is 0 Å². The van der Waals surface area contributed by atoms with Crippen LogP contribution in [0.4, 0.5) is 5.82 Å². The molecule has 2 heterocycles. The molecule has 1 aliphatic carbocycles. The first-order chi connectivity index (χ1) is 15.0. The van der Waals surface area contributed by atoms with Crippen LogP contribution in [-0.4, -0.2) is 48.2 Å². The van der Waals surface area contributed by atoms with Crippen LogP contribution in [0.3, 0.4) is 0 Å². The Kier molecular flexibility index (Phi) is 5.73. The molecule has 3 N–H and O–H groups in total. The molecule has 2 aromatic rings. The van der Waals surface area contributed by atoms with Crippen molar-refractivity contribution in [2.75, 3.05) is 19.1 Å². The van der Waals surface area contributed by atoms with Crippen molar-refractivity contribution in [2.24, 2.45) is 5.92 Å². The van der Waals surface area contributed by atoms with E-state index in [4.69, 9.17) is 15.6 Å². The quantitative estimate of drug-likeness (QED) is 0.450. The summed E-state index contributed by atoms with van der Waals surface area (Å²) in [6.07, 6.45) is 3.46. The molecule has 1 aromatic heterocycles. The molecule has 31 heavy (non-hydrogen) atoms. The predicted molar refractivity (Wildman–Crippen MR) is 120 cm³/mol. The normalized spacial score (nSPS) is 16.1. The van der Waals surface area contributed by atoms with Crippen LogP contribution in [0.5, 0.6) is 5.75 Å². The van der Waals surface area contributed by atoms with Crippen LogP contribution < -0.4 is 15.0 Å². The molecule has 0 bridgehead atoms. The molecule has 1 aromatic carbocycles. The van der Waals surface area contributed by atoms with Gasteiger partial charge in [0.15, 0.2) is 5.84 Å². The third kappa shape index (κ3) is 3.90. The number of fused-ring (bicyclic) bond motifs is 1. The topological polar surface area (TPSA) is 105 Å². The molecular formula is C23H28N6O2. The number of benzene rings is 1. The number of rotatable bonds is 8. The maximum atomic E-state index is 13.2. The van der Waals surface area contributed by atoms with Gasteiger partial charge < -0.3 is 15.0 Å². The van der Waals surface area contributed by atoms with Crippen molar-refractivity contribution in [3.63, 3.8) is 0 Å². The number of amidine groups is 1. The van der Waals surface area contributed by atoms with Crippen molar-refractivity contribution in [2.45, 2.75) is 38.9 Å². The van der Waals surface area contributed by atoms with Gasteiger partial charge in [-0.15, -0.1) is 0 Å². The third-order valence-corrected chi connectivity index (χ3v) is 6.10. The number of pyridine rings is 1. The molecule has 1 aliphatic heterocycles. The fraction of sp³-hybridized carbons (Fsp3) is 0.391. The molecule has 4 rings (SSSR count). The number of methoxy groups -OCH3 is 1. The van der Waals surface area contributed by atoms with Crippen LogP contribution in [-0.2, 0) is 13.1 Å². The van der Waals surface area contributed by atoms with Crippen molar-refractivity contribution in [3.05, 3.63) is 52.7 Å². The van der Waals surface area contributed by atoms with Crippen molar-refractivity contribution in [1.29, 1.82) is 10.8 Å². The van der Waals surface area contributed by atoms with E-state index in [1.54, 1.807) is 35.1 Å². The zero-order chi connectivity index (χ0) is 22.1. The molecular weight excluding hydrogens is 392 g/mol. The summed E-state index contributed by atoms with van der Waals surface area (Å²) in [5, 5.41) is 19.5. The second-order valence-corrected chi connectivity index (χ2v) is 8.08. The van der Waals surface area contributed by atoms with Gasteiger partial charge in [0.25, 0.3) is 5.91 Å². The molecule has 2 aliphatic rings. The average Bonchev–Trinajstić information content (AvgIpc) is 3.58. The van der Waals surface area contributed by atoms with Gasteiger partial charge in [-0.3, -0.25) is 20.5 Å². The van der Waals surface area contributed by atoms with E-state index in [9.17, 15) is 4.79 Å². The lowest BCUT2D eigenvalue weighted by molar-refractivity contribution is 0.0995. The number of carbonyl (C=O) groups excluding carboxylic acids is 1. The van der Waals surface area contributed by atoms with Crippen LogP contribution in [0.1, 0.15) is 46.9 Å². The molecule has 162 valence electrons. The number of anilines is 1. The van der Waals surface area contributed by atoms with E-state index in [0.717, 1.165) is 24.0 Å². The summed E-state index contributed by atoms with van der Waals surface area (Å²) in [5.41, 5.74) is 3.05. The van der Waals surface area contributed by atoms with Gasteiger partial charge in [0.1, 0.15) is 17.3 Å². The lowest BCUT2D eigenvalue weighted by atomic mass is 10.0. The Balaban J connectivity index is 1.63. The number of aromatic nitrogens is 1. The highest BCUT2D eigenvalue weighted by Crippen LogP contribution is 2.36. The molecule has 0 unspecified atom stereocenters. The van der Waals surface area contributed by atoms with Crippen LogP contribution in [0.2, 0.25) is 0 Å². The lowest BCUT2D eigenvalue weighted by Crippen LogP contribution is -2.39. The third-order valence-electron chi connectivity index (χ3n) is 6.10. The lowest BCUT2D eigenvalue weighted by Gasteiger charge is -2.27. The second-order valence-electron chi connectivity index (χ2n) is 8.08. The summed E-state index contributed by atoms with van der Waals surface area (Å²) in [6, 6.07) is 9.16. The van der Waals surface area contributed by atoms with Crippen LogP contribution >= 0.6 is 0 Å². The second kappa shape index (κ2) is 8.47. The zero-order valence-electron chi connectivity index (χ0n) is 18.1. The van der Waals surface area contributed by atoms with E-state index < -0.39 is 0 Å². The van der Waals surface area contributed by atoms with E-state index in [1.165, 1.54) is 6.34 Å². The Bertz CT molecular complexity index is 1030. The fourth-order valence-corrected chi connectivity index (χ4v) is 4.14. The highest BCUT2D eigenvalue weighted by molar-refractivity contribution is 6.10. The number of hydrogen-bond acceptors (Lipinski definition) is 6. The van der Waals surface area contributed by atoms with Crippen LogP contribution in [0, 0.1) is 16.7 Å². The first-order valence-corrected chi connectivity index (χ1v) is 10.5. The minimum Gasteiger partial charge on any atom is -0.497 e. The Hall–Kier alpha value is -3.26. The summed E-state index contributed by atoms with van der Waals surface area (Å²) in [4.78, 5) is 21.1. The highest BCUT2D eigenvalue weighted by atomic mass is 16.5. The van der Waals surface area contributed by atoms with Gasteiger partial charge in [0.05, 0.1) is 20.0 Å². The van der Waals surface area contributed by atoms with E-state index in [0.29, 0.717) is 41.8 Å². The van der Waals surface area contributed by atoms with Gasteiger partial charge in [0, 0.05) is 18.2 Å². The molecule has 1 fully saturated rings. The number of nitrogens with zero attached hydrogens (tertiary/aromatic N) is 3. The first-order valence-electron chi connectivity index (χ1n) is 10.5. The molecule has 0 radical (unpaired) electrons. The van der Waals surface area contributed by atoms with E-state index in [2.05, 4.69) is 10.3 Å². The minimum atomic E-state index is -0.127. The molecule has 0 saturated heterocycles. The summed E-state index contributed by atoms with van der Waals surface area (Å²) < 4.78 is 5.38. The van der Waals surface area contributed by atoms with Gasteiger partial charge in [-0.05, 0) is 68.1 Å². The number of carbonyl (C=O) groups is 1. The summed E-state index contributed by atoms with van der Waals surface area (Å²) in [7, 11) is 3.46. The van der Waals surface area contributed by atoms with Gasteiger partial charge in [-0.2, -0.15) is 0 Å². The summed E-state index contributed by atoms with van der Waals surface area (Å²) in [5.74, 6) is 1.72. The fourth-order valence-electron chi connectivity index (χ4n) is 4.14. The van der Waals surface area contributed by atoms with Crippen LogP contribution in [0.25, 0.3) is 0 Å². The van der Waals surface area contributed by atoms with Gasteiger partial charge in [-0.1, -0.05) is 6.07 Å². The minimum absolute atomic E-state index is 0.0877. The Labute approximate surface area is 182 Å². The number of hydrogen-bond donors (Lipinski definition) is 3. The number of nitrogens with one attached hydrogen (secondary N) is 3. The molecule has 8 heteroatoms. The van der Waals surface area contributed by atoms with E-state index in [-0.39, 0.29) is 17.8 Å². The highest BCUT2D eigenvalue weighted by Gasteiger charge is 2.34. The summed E-state index contributed by atoms with van der Waals surface area (Å²) >= 11 is 0. The van der Waals surface area contributed by atoms with Crippen molar-refractivity contribution in [3.8, 4) is 5.75 Å². The number of amides is 1. The van der Waals surface area contributed by atoms with Gasteiger partial charge in [0.2, 0.25) is 0 Å². The Morgan fingerprint density at radius 2 is 2.19 bits per heavy atom. The SMILES string of the molecule is CNCc1cc(OC)cc2c1CN(c1cccc(C(=N)N(C=N)[C@H](C)C3CC3)n1)C2=O. The first kappa shape index (κ1) is 21.0. The predicted octanol–water partition coefficient (Wildman–Crippen LogP) is 3.00.